The van der Waals surface area contributed by atoms with E-state index in [-0.39, 0.29) is 5.91 Å². The molecule has 5 rings (SSSR count). The van der Waals surface area contributed by atoms with Gasteiger partial charge in [0.05, 0.1) is 0 Å². The van der Waals surface area contributed by atoms with Gasteiger partial charge in [-0.15, -0.1) is 0 Å². The molecule has 1 amide bonds. The molecule has 2 aromatic heterocycles. The molecule has 1 N–H and O–H groups in total. The van der Waals surface area contributed by atoms with Crippen molar-refractivity contribution in [3.05, 3.63) is 96.1 Å². The highest BCUT2D eigenvalue weighted by molar-refractivity contribution is 5.94. The second kappa shape index (κ2) is 9.39. The lowest BCUT2D eigenvalue weighted by molar-refractivity contribution is 0.0746. The number of nitrogens with zero attached hydrogens (tertiary/aromatic N) is 5. The normalized spacial score (nSPS) is 13.7. The number of amides is 1. The van der Waals surface area contributed by atoms with Crippen molar-refractivity contribution in [2.45, 2.75) is 13.8 Å². The van der Waals surface area contributed by atoms with E-state index in [4.69, 9.17) is 0 Å². The molecule has 0 saturated carbocycles. The molecule has 4 aromatic rings. The molecule has 7 nitrogen and oxygen atoms in total. The minimum absolute atomic E-state index is 0.0688. The first-order valence-electron chi connectivity index (χ1n) is 11.5. The molecule has 0 bridgehead atoms. The molecule has 0 spiro atoms. The molecule has 34 heavy (non-hydrogen) atoms. The Kier molecular flexibility index (Phi) is 5.99. The summed E-state index contributed by atoms with van der Waals surface area (Å²) in [6.07, 6.45) is 3.99. The smallest absolute Gasteiger partial charge is 0.253 e. The fourth-order valence-corrected chi connectivity index (χ4v) is 4.17. The number of carbonyl (C=O) groups excluding carboxylic acids is 1. The van der Waals surface area contributed by atoms with Crippen molar-refractivity contribution < 1.29 is 4.79 Å². The van der Waals surface area contributed by atoms with E-state index < -0.39 is 0 Å². The topological polar surface area (TPSA) is 66.3 Å². The van der Waals surface area contributed by atoms with Crippen LogP contribution in [0.4, 0.5) is 17.3 Å². The van der Waals surface area contributed by atoms with Gasteiger partial charge in [-0.1, -0.05) is 17.7 Å². The van der Waals surface area contributed by atoms with Gasteiger partial charge < -0.3 is 19.7 Å². The quantitative estimate of drug-likeness (QED) is 0.480. The highest BCUT2D eigenvalue weighted by Gasteiger charge is 2.23. The highest BCUT2D eigenvalue weighted by atomic mass is 16.2. The number of anilines is 3. The third-order valence-electron chi connectivity index (χ3n) is 6.06. The fraction of sp³-hybridized carbons (Fsp3) is 0.222. The van der Waals surface area contributed by atoms with Gasteiger partial charge in [0.1, 0.15) is 17.5 Å². The lowest BCUT2D eigenvalue weighted by Crippen LogP contribution is -2.49. The van der Waals surface area contributed by atoms with E-state index in [2.05, 4.69) is 39.2 Å². The zero-order chi connectivity index (χ0) is 23.5. The van der Waals surface area contributed by atoms with E-state index in [1.807, 2.05) is 83.4 Å². The Hall–Kier alpha value is -4.13. The molecule has 2 aromatic carbocycles. The number of aryl methyl sites for hydroxylation is 2. The maximum atomic E-state index is 13.0. The van der Waals surface area contributed by atoms with Crippen LogP contribution in [0.3, 0.4) is 0 Å². The van der Waals surface area contributed by atoms with Crippen LogP contribution in [0.1, 0.15) is 21.7 Å². The van der Waals surface area contributed by atoms with E-state index in [9.17, 15) is 4.79 Å². The molecular weight excluding hydrogens is 424 g/mol. The van der Waals surface area contributed by atoms with Gasteiger partial charge in [0.15, 0.2) is 0 Å². The molecule has 0 radical (unpaired) electrons. The van der Waals surface area contributed by atoms with Crippen LogP contribution in [0.15, 0.2) is 79.1 Å². The summed E-state index contributed by atoms with van der Waals surface area (Å²) in [5, 5.41) is 3.37. The fourth-order valence-electron chi connectivity index (χ4n) is 4.17. The predicted octanol–water partition coefficient (Wildman–Crippen LogP) is 4.59. The van der Waals surface area contributed by atoms with Crippen molar-refractivity contribution in [2.75, 3.05) is 36.4 Å². The average molecular weight is 453 g/mol. The summed E-state index contributed by atoms with van der Waals surface area (Å²) in [7, 11) is 0. The largest absolute Gasteiger partial charge is 0.353 e. The predicted molar refractivity (Wildman–Crippen MR) is 135 cm³/mol. The van der Waals surface area contributed by atoms with Crippen molar-refractivity contribution in [2.24, 2.45) is 0 Å². The van der Waals surface area contributed by atoms with E-state index in [0.29, 0.717) is 24.5 Å². The highest BCUT2D eigenvalue weighted by Crippen LogP contribution is 2.22. The van der Waals surface area contributed by atoms with Crippen LogP contribution in [0.2, 0.25) is 0 Å². The number of benzene rings is 2. The van der Waals surface area contributed by atoms with Crippen LogP contribution in [-0.4, -0.2) is 51.5 Å². The molecule has 172 valence electrons. The number of rotatable bonds is 5. The van der Waals surface area contributed by atoms with E-state index >= 15 is 0 Å². The number of piperazine rings is 1. The van der Waals surface area contributed by atoms with Gasteiger partial charge >= 0.3 is 0 Å². The summed E-state index contributed by atoms with van der Waals surface area (Å²) in [5.74, 6) is 2.44. The van der Waals surface area contributed by atoms with Crippen LogP contribution in [0.25, 0.3) is 5.69 Å². The van der Waals surface area contributed by atoms with Crippen LogP contribution < -0.4 is 10.2 Å². The number of carbonyl (C=O) groups is 1. The number of hydrogen-bond donors (Lipinski definition) is 1. The van der Waals surface area contributed by atoms with E-state index in [1.54, 1.807) is 0 Å². The van der Waals surface area contributed by atoms with Gasteiger partial charge in [-0.05, 0) is 62.4 Å². The summed E-state index contributed by atoms with van der Waals surface area (Å²) in [5.41, 5.74) is 3.97. The van der Waals surface area contributed by atoms with Crippen LogP contribution in [-0.2, 0) is 0 Å². The van der Waals surface area contributed by atoms with Crippen LogP contribution in [0.5, 0.6) is 0 Å². The lowest BCUT2D eigenvalue weighted by Gasteiger charge is -2.35. The van der Waals surface area contributed by atoms with Gasteiger partial charge in [-0.25, -0.2) is 9.97 Å². The second-order valence-electron chi connectivity index (χ2n) is 8.57. The first kappa shape index (κ1) is 21.7. The standard InChI is InChI=1S/C27H28N6O/c1-20-5-9-23(10-6-20)30-25-19-26(29-21(2)28-25)32-15-17-33(18-16-32)27(34)22-7-11-24(12-8-22)31-13-3-4-14-31/h3-14,19H,15-18H2,1-2H3,(H,28,29,30). The molecule has 0 unspecified atom stereocenters. The zero-order valence-corrected chi connectivity index (χ0v) is 19.5. The summed E-state index contributed by atoms with van der Waals surface area (Å²) in [6, 6.07) is 21.9. The van der Waals surface area contributed by atoms with Crippen molar-refractivity contribution in [3.63, 3.8) is 0 Å². The molecule has 1 aliphatic rings. The summed E-state index contributed by atoms with van der Waals surface area (Å²) in [4.78, 5) is 26.4. The van der Waals surface area contributed by atoms with E-state index in [1.165, 1.54) is 5.56 Å². The van der Waals surface area contributed by atoms with Gasteiger partial charge in [0.25, 0.3) is 5.91 Å². The first-order chi connectivity index (χ1) is 16.5. The maximum Gasteiger partial charge on any atom is 0.253 e. The molecular formula is C27H28N6O. The Labute approximate surface area is 199 Å². The molecule has 0 aliphatic carbocycles. The molecule has 1 saturated heterocycles. The minimum atomic E-state index is 0.0688. The zero-order valence-electron chi connectivity index (χ0n) is 19.5. The molecule has 0 atom stereocenters. The maximum absolute atomic E-state index is 13.0. The van der Waals surface area contributed by atoms with Crippen molar-refractivity contribution in [3.8, 4) is 5.69 Å². The molecule has 7 heteroatoms. The second-order valence-corrected chi connectivity index (χ2v) is 8.57. The monoisotopic (exact) mass is 452 g/mol. The Morgan fingerprint density at radius 1 is 0.853 bits per heavy atom. The minimum Gasteiger partial charge on any atom is -0.353 e. The van der Waals surface area contributed by atoms with Gasteiger partial charge in [0, 0.05) is 61.6 Å². The average Bonchev–Trinajstić information content (AvgIpc) is 3.40. The SMILES string of the molecule is Cc1ccc(Nc2cc(N3CCN(C(=O)c4ccc(-n5cccc5)cc4)CC3)nc(C)n2)cc1. The van der Waals surface area contributed by atoms with Gasteiger partial charge in [0.2, 0.25) is 0 Å². The number of aromatic nitrogens is 3. The number of nitrogens with one attached hydrogen (secondary N) is 1. The Bertz CT molecular complexity index is 1260. The van der Waals surface area contributed by atoms with Crippen molar-refractivity contribution in [1.82, 2.24) is 19.4 Å². The summed E-state index contributed by atoms with van der Waals surface area (Å²) >= 11 is 0. The Balaban J connectivity index is 1.23. The van der Waals surface area contributed by atoms with Crippen molar-refractivity contribution in [1.29, 1.82) is 0 Å². The van der Waals surface area contributed by atoms with Crippen LogP contribution >= 0.6 is 0 Å². The third kappa shape index (κ3) is 4.78. The van der Waals surface area contributed by atoms with E-state index in [0.717, 1.165) is 36.1 Å². The summed E-state index contributed by atoms with van der Waals surface area (Å²) < 4.78 is 2.03. The first-order valence-corrected chi connectivity index (χ1v) is 11.5. The van der Waals surface area contributed by atoms with Crippen molar-refractivity contribution >= 4 is 23.2 Å². The molecule has 1 aliphatic heterocycles. The summed E-state index contributed by atoms with van der Waals surface area (Å²) in [6.45, 7) is 6.74. The number of hydrogen-bond acceptors (Lipinski definition) is 5. The molecule has 3 heterocycles. The molecule has 1 fully saturated rings. The Morgan fingerprint density at radius 2 is 1.53 bits per heavy atom. The van der Waals surface area contributed by atoms with Crippen LogP contribution in [0, 0.1) is 13.8 Å². The van der Waals surface area contributed by atoms with Gasteiger partial charge in [-0.3, -0.25) is 4.79 Å². The Morgan fingerprint density at radius 3 is 2.21 bits per heavy atom. The van der Waals surface area contributed by atoms with Gasteiger partial charge in [-0.2, -0.15) is 0 Å². The third-order valence-corrected chi connectivity index (χ3v) is 6.06. The lowest BCUT2D eigenvalue weighted by atomic mass is 10.1.